The van der Waals surface area contributed by atoms with Crippen molar-refractivity contribution in [2.45, 2.75) is 19.1 Å². The number of morpholine rings is 1. The van der Waals surface area contributed by atoms with Crippen molar-refractivity contribution < 1.29 is 24.2 Å². The molecule has 1 saturated heterocycles. The Hall–Kier alpha value is -1.92. The minimum atomic E-state index is -0.918. The van der Waals surface area contributed by atoms with Crippen LogP contribution in [0.1, 0.15) is 22.3 Å². The van der Waals surface area contributed by atoms with E-state index < -0.39 is 12.1 Å². The second kappa shape index (κ2) is 7.19. The van der Waals surface area contributed by atoms with Crippen LogP contribution in [0, 0.1) is 0 Å². The molecule has 0 saturated carbocycles. The molecule has 1 N–H and O–H groups in total. The van der Waals surface area contributed by atoms with Gasteiger partial charge in [-0.05, 0) is 17.7 Å². The van der Waals surface area contributed by atoms with Crippen LogP contribution in [0.3, 0.4) is 0 Å². The first-order valence-electron chi connectivity index (χ1n) is 6.80. The van der Waals surface area contributed by atoms with E-state index in [4.69, 9.17) is 14.6 Å². The van der Waals surface area contributed by atoms with Gasteiger partial charge in [0.1, 0.15) is 0 Å². The first-order valence-corrected chi connectivity index (χ1v) is 6.80. The van der Waals surface area contributed by atoms with Gasteiger partial charge in [0.25, 0.3) is 5.91 Å². The summed E-state index contributed by atoms with van der Waals surface area (Å²) in [5.74, 6) is -1.02. The fourth-order valence-corrected chi connectivity index (χ4v) is 2.31. The van der Waals surface area contributed by atoms with Crippen LogP contribution in [-0.2, 0) is 20.9 Å². The number of aliphatic carboxylic acids is 1. The molecule has 1 aromatic rings. The summed E-state index contributed by atoms with van der Waals surface area (Å²) in [6.45, 7) is 1.66. The molecule has 0 spiro atoms. The van der Waals surface area contributed by atoms with E-state index in [1.165, 1.54) is 0 Å². The van der Waals surface area contributed by atoms with Crippen molar-refractivity contribution in [1.82, 2.24) is 4.90 Å². The summed E-state index contributed by atoms with van der Waals surface area (Å²) in [4.78, 5) is 24.8. The maximum absolute atomic E-state index is 12.4. The number of rotatable bonds is 5. The number of ether oxygens (including phenoxy) is 2. The van der Waals surface area contributed by atoms with Gasteiger partial charge in [-0.2, -0.15) is 0 Å². The van der Waals surface area contributed by atoms with Gasteiger partial charge in [-0.3, -0.25) is 9.59 Å². The van der Waals surface area contributed by atoms with Gasteiger partial charge in [-0.1, -0.05) is 12.1 Å². The number of benzene rings is 1. The van der Waals surface area contributed by atoms with Crippen LogP contribution in [0.4, 0.5) is 0 Å². The van der Waals surface area contributed by atoms with Gasteiger partial charge < -0.3 is 19.5 Å². The number of carboxylic acids is 1. The normalized spacial score (nSPS) is 18.5. The van der Waals surface area contributed by atoms with Crippen LogP contribution in [0.2, 0.25) is 0 Å². The summed E-state index contributed by atoms with van der Waals surface area (Å²) < 4.78 is 10.4. The van der Waals surface area contributed by atoms with Crippen LogP contribution < -0.4 is 0 Å². The van der Waals surface area contributed by atoms with Crippen LogP contribution in [0.15, 0.2) is 24.3 Å². The second-order valence-electron chi connectivity index (χ2n) is 4.97. The number of carbonyl (C=O) groups is 2. The SMILES string of the molecule is COCc1ccc(C(=O)N2CCO[C@@H](CC(=O)O)C2)cc1. The Balaban J connectivity index is 1.99. The lowest BCUT2D eigenvalue weighted by molar-refractivity contribution is -0.141. The molecule has 114 valence electrons. The highest BCUT2D eigenvalue weighted by Crippen LogP contribution is 2.14. The van der Waals surface area contributed by atoms with Crippen molar-refractivity contribution in [2.24, 2.45) is 0 Å². The first kappa shape index (κ1) is 15.5. The lowest BCUT2D eigenvalue weighted by Gasteiger charge is -2.32. The number of carboxylic acid groups (broad SMARTS) is 1. The summed E-state index contributed by atoms with van der Waals surface area (Å²) in [7, 11) is 1.62. The van der Waals surface area contributed by atoms with Crippen molar-refractivity contribution in [2.75, 3.05) is 26.8 Å². The Morgan fingerprint density at radius 2 is 2.10 bits per heavy atom. The molecule has 0 unspecified atom stereocenters. The Labute approximate surface area is 123 Å². The molecular weight excluding hydrogens is 274 g/mol. The molecular formula is C15H19NO5. The van der Waals surface area contributed by atoms with Gasteiger partial charge in [0.05, 0.1) is 25.7 Å². The number of methoxy groups -OCH3 is 1. The molecule has 0 bridgehead atoms. The zero-order chi connectivity index (χ0) is 15.2. The highest BCUT2D eigenvalue weighted by atomic mass is 16.5. The van der Waals surface area contributed by atoms with E-state index >= 15 is 0 Å². The van der Waals surface area contributed by atoms with Gasteiger partial charge in [0, 0.05) is 25.8 Å². The maximum atomic E-state index is 12.4. The molecule has 1 fully saturated rings. The quantitative estimate of drug-likeness (QED) is 0.881. The average Bonchev–Trinajstić information content (AvgIpc) is 2.47. The smallest absolute Gasteiger partial charge is 0.306 e. The molecule has 1 aliphatic heterocycles. The Kier molecular flexibility index (Phi) is 5.30. The number of hydrogen-bond donors (Lipinski definition) is 1. The van der Waals surface area contributed by atoms with E-state index in [2.05, 4.69) is 0 Å². The molecule has 1 amide bonds. The van der Waals surface area contributed by atoms with E-state index in [1.54, 1.807) is 24.1 Å². The van der Waals surface area contributed by atoms with Gasteiger partial charge in [0.2, 0.25) is 0 Å². The molecule has 2 rings (SSSR count). The van der Waals surface area contributed by atoms with Crippen molar-refractivity contribution in [3.05, 3.63) is 35.4 Å². The van der Waals surface area contributed by atoms with E-state index in [1.807, 2.05) is 12.1 Å². The molecule has 1 aromatic carbocycles. The highest BCUT2D eigenvalue weighted by molar-refractivity contribution is 5.94. The molecule has 6 heteroatoms. The Morgan fingerprint density at radius 1 is 1.38 bits per heavy atom. The van der Waals surface area contributed by atoms with Gasteiger partial charge in [-0.25, -0.2) is 0 Å². The van der Waals surface area contributed by atoms with Crippen LogP contribution in [0.25, 0.3) is 0 Å². The summed E-state index contributed by atoms with van der Waals surface area (Å²) in [5.41, 5.74) is 1.59. The van der Waals surface area contributed by atoms with Crippen LogP contribution >= 0.6 is 0 Å². The topological polar surface area (TPSA) is 76.1 Å². The summed E-state index contributed by atoms with van der Waals surface area (Å²) in [6, 6.07) is 7.23. The standard InChI is InChI=1S/C15H19NO5/c1-20-10-11-2-4-12(5-3-11)15(19)16-6-7-21-13(9-16)8-14(17)18/h2-5,13H,6-10H2,1H3,(H,17,18)/t13-/m0/s1. The third-order valence-corrected chi connectivity index (χ3v) is 3.34. The summed E-state index contributed by atoms with van der Waals surface area (Å²) >= 11 is 0. The lowest BCUT2D eigenvalue weighted by Crippen LogP contribution is -2.46. The third kappa shape index (κ3) is 4.27. The van der Waals surface area contributed by atoms with E-state index in [-0.39, 0.29) is 12.3 Å². The molecule has 1 heterocycles. The van der Waals surface area contributed by atoms with E-state index in [0.29, 0.717) is 31.9 Å². The number of amides is 1. The largest absolute Gasteiger partial charge is 0.481 e. The van der Waals surface area contributed by atoms with Crippen molar-refractivity contribution >= 4 is 11.9 Å². The molecule has 0 aromatic heterocycles. The Morgan fingerprint density at radius 3 is 2.71 bits per heavy atom. The molecule has 6 nitrogen and oxygen atoms in total. The minimum Gasteiger partial charge on any atom is -0.481 e. The monoisotopic (exact) mass is 293 g/mol. The van der Waals surface area contributed by atoms with E-state index in [9.17, 15) is 9.59 Å². The van der Waals surface area contributed by atoms with Crippen molar-refractivity contribution in [3.8, 4) is 0 Å². The molecule has 1 atom stereocenters. The summed E-state index contributed by atoms with van der Waals surface area (Å²) in [5, 5.41) is 8.79. The molecule has 0 radical (unpaired) electrons. The highest BCUT2D eigenvalue weighted by Gasteiger charge is 2.26. The number of nitrogens with zero attached hydrogens (tertiary/aromatic N) is 1. The third-order valence-electron chi connectivity index (χ3n) is 3.34. The minimum absolute atomic E-state index is 0.0867. The fourth-order valence-electron chi connectivity index (χ4n) is 2.31. The zero-order valence-corrected chi connectivity index (χ0v) is 11.9. The number of hydrogen-bond acceptors (Lipinski definition) is 4. The lowest BCUT2D eigenvalue weighted by atomic mass is 10.1. The average molecular weight is 293 g/mol. The van der Waals surface area contributed by atoms with Gasteiger partial charge in [-0.15, -0.1) is 0 Å². The van der Waals surface area contributed by atoms with Crippen LogP contribution in [0.5, 0.6) is 0 Å². The van der Waals surface area contributed by atoms with Crippen molar-refractivity contribution in [3.63, 3.8) is 0 Å². The number of carbonyl (C=O) groups excluding carboxylic acids is 1. The van der Waals surface area contributed by atoms with Crippen molar-refractivity contribution in [1.29, 1.82) is 0 Å². The van der Waals surface area contributed by atoms with E-state index in [0.717, 1.165) is 5.56 Å². The first-order chi connectivity index (χ1) is 10.1. The predicted octanol–water partition coefficient (Wildman–Crippen LogP) is 1.15. The maximum Gasteiger partial charge on any atom is 0.306 e. The molecule has 0 aliphatic carbocycles. The second-order valence-corrected chi connectivity index (χ2v) is 4.97. The predicted molar refractivity (Wildman–Crippen MR) is 75.1 cm³/mol. The summed E-state index contributed by atoms with van der Waals surface area (Å²) in [6.07, 6.45) is -0.524. The zero-order valence-electron chi connectivity index (χ0n) is 11.9. The molecule has 21 heavy (non-hydrogen) atoms. The molecule has 1 aliphatic rings. The fraction of sp³-hybridized carbons (Fsp3) is 0.467. The Bertz CT molecular complexity index is 499. The van der Waals surface area contributed by atoms with Gasteiger partial charge >= 0.3 is 5.97 Å². The van der Waals surface area contributed by atoms with Gasteiger partial charge in [0.15, 0.2) is 0 Å². The van der Waals surface area contributed by atoms with Crippen LogP contribution in [-0.4, -0.2) is 54.8 Å².